The molecule has 36 heavy (non-hydrogen) atoms. The minimum Gasteiger partial charge on any atom is -0.395 e. The van der Waals surface area contributed by atoms with Crippen LogP contribution in [0.1, 0.15) is 35.4 Å². The van der Waals surface area contributed by atoms with Crippen molar-refractivity contribution in [1.82, 2.24) is 30.4 Å². The normalized spacial score (nSPS) is 16.1. The first-order valence-corrected chi connectivity index (χ1v) is 13.2. The molecule has 1 fully saturated rings. The van der Waals surface area contributed by atoms with Crippen molar-refractivity contribution in [1.29, 1.82) is 0 Å². The van der Waals surface area contributed by atoms with E-state index in [0.29, 0.717) is 6.04 Å². The summed E-state index contributed by atoms with van der Waals surface area (Å²) in [6, 6.07) is 21.4. The van der Waals surface area contributed by atoms with E-state index in [1.807, 2.05) is 36.7 Å². The Morgan fingerprint density at radius 2 is 1.44 bits per heavy atom. The van der Waals surface area contributed by atoms with Gasteiger partial charge in [-0.1, -0.05) is 36.4 Å². The Bertz CT molecular complexity index is 938. The van der Waals surface area contributed by atoms with E-state index in [0.717, 1.165) is 76.7 Å². The molecule has 4 rings (SSSR count). The van der Waals surface area contributed by atoms with Crippen molar-refractivity contribution in [2.24, 2.45) is 0 Å². The average Bonchev–Trinajstić information content (AvgIpc) is 3.38. The molecule has 3 heterocycles. The largest absolute Gasteiger partial charge is 0.395 e. The third kappa shape index (κ3) is 8.76. The second-order valence-electron chi connectivity index (χ2n) is 9.54. The Morgan fingerprint density at radius 3 is 2.00 bits per heavy atom. The summed E-state index contributed by atoms with van der Waals surface area (Å²) in [5, 5.41) is 16.7. The van der Waals surface area contributed by atoms with Crippen LogP contribution in [0.5, 0.6) is 0 Å². The van der Waals surface area contributed by atoms with Gasteiger partial charge >= 0.3 is 0 Å². The Morgan fingerprint density at radius 1 is 0.833 bits per heavy atom. The second kappa shape index (κ2) is 14.8. The summed E-state index contributed by atoms with van der Waals surface area (Å²) in [5.74, 6) is 0. The molecule has 1 saturated heterocycles. The van der Waals surface area contributed by atoms with E-state index in [9.17, 15) is 5.11 Å². The fourth-order valence-electron chi connectivity index (χ4n) is 4.74. The Labute approximate surface area is 215 Å². The topological polar surface area (TPSA) is 76.6 Å². The van der Waals surface area contributed by atoms with E-state index in [-0.39, 0.29) is 6.61 Å². The molecule has 1 aliphatic rings. The monoisotopic (exact) mass is 488 g/mol. The standard InChI is InChI=1S/C29H40N6O/c36-24-29-8-5-17-35(29)23-26-11-9-25(10-12-26)22-34(18-15-30-20-27-6-1-3-13-32-27)19-16-31-21-28-7-2-4-14-33-28/h1-4,6-7,9-14,29-31,36H,5,8,15-24H2/t29-/m0/s1. The van der Waals surface area contributed by atoms with Gasteiger partial charge in [-0.05, 0) is 54.8 Å². The van der Waals surface area contributed by atoms with Gasteiger partial charge in [0.25, 0.3) is 0 Å². The number of nitrogens with zero attached hydrogens (tertiary/aromatic N) is 4. The van der Waals surface area contributed by atoms with Crippen molar-refractivity contribution in [3.63, 3.8) is 0 Å². The number of benzene rings is 1. The summed E-state index contributed by atoms with van der Waals surface area (Å²) in [7, 11) is 0. The third-order valence-corrected chi connectivity index (χ3v) is 6.80. The Hall–Kier alpha value is -2.68. The maximum atomic E-state index is 9.60. The van der Waals surface area contributed by atoms with Crippen LogP contribution in [0, 0.1) is 0 Å². The highest BCUT2D eigenvalue weighted by atomic mass is 16.3. The number of nitrogens with one attached hydrogen (secondary N) is 2. The van der Waals surface area contributed by atoms with Gasteiger partial charge in [0.1, 0.15) is 0 Å². The zero-order valence-corrected chi connectivity index (χ0v) is 21.2. The molecule has 0 spiro atoms. The van der Waals surface area contributed by atoms with Crippen LogP contribution in [-0.2, 0) is 26.2 Å². The number of hydrogen-bond donors (Lipinski definition) is 3. The Balaban J connectivity index is 1.26. The van der Waals surface area contributed by atoms with Gasteiger partial charge in [-0.15, -0.1) is 0 Å². The van der Waals surface area contributed by atoms with Crippen molar-refractivity contribution in [3.8, 4) is 0 Å². The van der Waals surface area contributed by atoms with Crippen molar-refractivity contribution < 1.29 is 5.11 Å². The van der Waals surface area contributed by atoms with Crippen LogP contribution >= 0.6 is 0 Å². The van der Waals surface area contributed by atoms with Crippen LogP contribution in [0.3, 0.4) is 0 Å². The summed E-state index contributed by atoms with van der Waals surface area (Å²) in [6.45, 7) is 8.49. The maximum Gasteiger partial charge on any atom is 0.0587 e. The SMILES string of the molecule is OC[C@@H]1CCCN1Cc1ccc(CN(CCNCc2ccccn2)CCNCc2ccccn2)cc1. The number of aromatic nitrogens is 2. The molecule has 1 aliphatic heterocycles. The van der Waals surface area contributed by atoms with Gasteiger partial charge in [-0.25, -0.2) is 0 Å². The predicted octanol–water partition coefficient (Wildman–Crippen LogP) is 2.81. The first kappa shape index (κ1) is 26.4. The van der Waals surface area contributed by atoms with E-state index in [4.69, 9.17) is 0 Å². The van der Waals surface area contributed by atoms with Crippen LogP contribution < -0.4 is 10.6 Å². The zero-order chi connectivity index (χ0) is 24.8. The third-order valence-electron chi connectivity index (χ3n) is 6.80. The molecule has 1 atom stereocenters. The second-order valence-corrected chi connectivity index (χ2v) is 9.54. The van der Waals surface area contributed by atoms with Gasteiger partial charge in [0, 0.05) is 70.8 Å². The van der Waals surface area contributed by atoms with Gasteiger partial charge in [0.15, 0.2) is 0 Å². The highest BCUT2D eigenvalue weighted by Crippen LogP contribution is 2.20. The van der Waals surface area contributed by atoms with Crippen LogP contribution in [0.4, 0.5) is 0 Å². The molecule has 7 heteroatoms. The van der Waals surface area contributed by atoms with Crippen molar-refractivity contribution in [3.05, 3.63) is 95.6 Å². The molecule has 7 nitrogen and oxygen atoms in total. The first-order chi connectivity index (χ1) is 17.8. The molecular formula is C29H40N6O. The molecule has 3 aromatic rings. The van der Waals surface area contributed by atoms with E-state index in [1.54, 1.807) is 0 Å². The predicted molar refractivity (Wildman–Crippen MR) is 144 cm³/mol. The quantitative estimate of drug-likeness (QED) is 0.284. The molecule has 0 bridgehead atoms. The van der Waals surface area contributed by atoms with Gasteiger partial charge in [-0.3, -0.25) is 19.8 Å². The van der Waals surface area contributed by atoms with Gasteiger partial charge in [-0.2, -0.15) is 0 Å². The summed E-state index contributed by atoms with van der Waals surface area (Å²) in [4.78, 5) is 13.7. The van der Waals surface area contributed by atoms with Crippen LogP contribution in [0.15, 0.2) is 73.1 Å². The van der Waals surface area contributed by atoms with E-state index in [1.165, 1.54) is 17.5 Å². The lowest BCUT2D eigenvalue weighted by Gasteiger charge is -2.24. The van der Waals surface area contributed by atoms with E-state index >= 15 is 0 Å². The van der Waals surface area contributed by atoms with Gasteiger partial charge in [0.2, 0.25) is 0 Å². The summed E-state index contributed by atoms with van der Waals surface area (Å²) < 4.78 is 0. The lowest BCUT2D eigenvalue weighted by molar-refractivity contribution is 0.153. The van der Waals surface area contributed by atoms with Gasteiger partial charge < -0.3 is 15.7 Å². The number of likely N-dealkylation sites (tertiary alicyclic amines) is 1. The molecular weight excluding hydrogens is 448 g/mol. The summed E-state index contributed by atoms with van der Waals surface area (Å²) in [5.41, 5.74) is 4.78. The van der Waals surface area contributed by atoms with Crippen LogP contribution in [-0.4, -0.2) is 70.2 Å². The molecule has 0 aliphatic carbocycles. The number of aliphatic hydroxyl groups excluding tert-OH is 1. The number of hydrogen-bond acceptors (Lipinski definition) is 7. The smallest absolute Gasteiger partial charge is 0.0587 e. The minimum atomic E-state index is 0.260. The van der Waals surface area contributed by atoms with E-state index in [2.05, 4.69) is 66.8 Å². The number of rotatable bonds is 15. The first-order valence-electron chi connectivity index (χ1n) is 13.2. The highest BCUT2D eigenvalue weighted by molar-refractivity contribution is 5.22. The zero-order valence-electron chi connectivity index (χ0n) is 21.2. The summed E-state index contributed by atoms with van der Waals surface area (Å²) in [6.07, 6.45) is 5.97. The summed E-state index contributed by atoms with van der Waals surface area (Å²) >= 11 is 0. The van der Waals surface area contributed by atoms with Crippen LogP contribution in [0.25, 0.3) is 0 Å². The molecule has 2 aromatic heterocycles. The molecule has 3 N–H and O–H groups in total. The van der Waals surface area contributed by atoms with Crippen molar-refractivity contribution in [2.75, 3.05) is 39.3 Å². The maximum absolute atomic E-state index is 9.60. The molecule has 0 unspecified atom stereocenters. The highest BCUT2D eigenvalue weighted by Gasteiger charge is 2.23. The lowest BCUT2D eigenvalue weighted by Crippen LogP contribution is -2.36. The Kier molecular flexibility index (Phi) is 10.8. The molecule has 0 amide bonds. The number of pyridine rings is 2. The van der Waals surface area contributed by atoms with Crippen molar-refractivity contribution in [2.45, 2.75) is 45.1 Å². The number of aliphatic hydroxyl groups is 1. The van der Waals surface area contributed by atoms with Crippen molar-refractivity contribution >= 4 is 0 Å². The molecule has 0 saturated carbocycles. The average molecular weight is 489 g/mol. The molecule has 0 radical (unpaired) electrons. The molecule has 192 valence electrons. The minimum absolute atomic E-state index is 0.260. The fourth-order valence-corrected chi connectivity index (χ4v) is 4.74. The van der Waals surface area contributed by atoms with Gasteiger partial charge in [0.05, 0.1) is 18.0 Å². The fraction of sp³-hybridized carbons (Fsp3) is 0.448. The molecule has 1 aromatic carbocycles. The van der Waals surface area contributed by atoms with Crippen LogP contribution in [0.2, 0.25) is 0 Å². The lowest BCUT2D eigenvalue weighted by atomic mass is 10.1. The van der Waals surface area contributed by atoms with E-state index < -0.39 is 0 Å².